The smallest absolute Gasteiger partial charge is 0.374 e. The largest absolute Gasteiger partial charge is 0.439 e. The van der Waals surface area contributed by atoms with Gasteiger partial charge < -0.3 is 14.1 Å². The van der Waals surface area contributed by atoms with Crippen LogP contribution in [0.3, 0.4) is 0 Å². The van der Waals surface area contributed by atoms with E-state index in [2.05, 4.69) is 47.6 Å². The number of nitrogens with zero attached hydrogens (tertiary/aromatic N) is 2. The van der Waals surface area contributed by atoms with Gasteiger partial charge in [-0.15, -0.1) is 0 Å². The van der Waals surface area contributed by atoms with Gasteiger partial charge in [-0.3, -0.25) is 0 Å². The summed E-state index contributed by atoms with van der Waals surface area (Å²) in [4.78, 5) is 2.18. The van der Waals surface area contributed by atoms with Crippen LogP contribution >= 0.6 is 11.6 Å². The molecule has 0 N–H and O–H groups in total. The lowest BCUT2D eigenvalue weighted by Crippen LogP contribution is -2.33. The number of aromatic nitrogens is 1. The Morgan fingerprint density at radius 2 is 1.82 bits per heavy atom. The van der Waals surface area contributed by atoms with Gasteiger partial charge in [-0.05, 0) is 74.6 Å². The molecule has 0 saturated heterocycles. The van der Waals surface area contributed by atoms with Crippen LogP contribution in [0, 0.1) is 0 Å². The minimum Gasteiger partial charge on any atom is -0.439 e. The minimum absolute atomic E-state index is 0.826. The molecule has 2 heterocycles. The zero-order valence-electron chi connectivity index (χ0n) is 19.1. The number of fused-ring (bicyclic) bond motifs is 2. The van der Waals surface area contributed by atoms with Crippen LogP contribution in [-0.4, -0.2) is 6.54 Å². The molecule has 0 unspecified atom stereocenters. The van der Waals surface area contributed by atoms with Crippen molar-refractivity contribution in [3.63, 3.8) is 0 Å². The molecule has 0 saturated carbocycles. The number of aryl methyl sites for hydroxylation is 1. The second-order valence-electron chi connectivity index (χ2n) is 8.19. The number of allylic oxidation sites excluding steroid dienone is 6. The Balaban J connectivity index is 1.42. The van der Waals surface area contributed by atoms with Crippen molar-refractivity contribution < 1.29 is 13.7 Å². The number of hydrogen-bond acceptors (Lipinski definition) is 3. The summed E-state index contributed by atoms with van der Waals surface area (Å²) in [5.41, 5.74) is 5.38. The van der Waals surface area contributed by atoms with E-state index in [1.165, 1.54) is 0 Å². The quantitative estimate of drug-likeness (QED) is 0.380. The molecule has 0 atom stereocenters. The molecule has 1 aliphatic carbocycles. The van der Waals surface area contributed by atoms with E-state index in [0.29, 0.717) is 0 Å². The normalized spacial score (nSPS) is 18.7. The zero-order chi connectivity index (χ0) is 22.8. The third kappa shape index (κ3) is 4.11. The van der Waals surface area contributed by atoms with Crippen molar-refractivity contribution in [2.75, 3.05) is 11.4 Å². The summed E-state index contributed by atoms with van der Waals surface area (Å²) in [7, 11) is 0. The topological polar surface area (TPSA) is 29.5 Å². The first-order valence-electron chi connectivity index (χ1n) is 11.6. The first-order chi connectivity index (χ1) is 16.2. The van der Waals surface area contributed by atoms with Crippen molar-refractivity contribution in [2.24, 2.45) is 0 Å². The Labute approximate surface area is 199 Å². The van der Waals surface area contributed by atoms with Gasteiger partial charge in [0.1, 0.15) is 6.54 Å². The SMILES string of the molecule is CCN1/C(=C/C=C2\CCCC(/C=C/c3oc4ccccc4[n+]3CC)=C2Cl)Oc2ccccc21. The molecule has 0 bridgehead atoms. The highest BCUT2D eigenvalue weighted by atomic mass is 35.5. The molecule has 33 heavy (non-hydrogen) atoms. The third-order valence-electron chi connectivity index (χ3n) is 6.22. The molecule has 0 spiro atoms. The van der Waals surface area contributed by atoms with E-state index in [9.17, 15) is 0 Å². The van der Waals surface area contributed by atoms with Gasteiger partial charge in [-0.2, -0.15) is 4.57 Å². The van der Waals surface area contributed by atoms with Crippen LogP contribution in [0.4, 0.5) is 5.69 Å². The van der Waals surface area contributed by atoms with Gasteiger partial charge in [0, 0.05) is 17.6 Å². The molecule has 2 aliphatic rings. The number of rotatable bonds is 5. The van der Waals surface area contributed by atoms with E-state index < -0.39 is 0 Å². The van der Waals surface area contributed by atoms with Gasteiger partial charge in [0.05, 0.1) is 11.8 Å². The summed E-state index contributed by atoms with van der Waals surface area (Å²) in [5.74, 6) is 2.57. The lowest BCUT2D eigenvalue weighted by Gasteiger charge is -2.17. The van der Waals surface area contributed by atoms with Crippen molar-refractivity contribution in [3.05, 3.63) is 94.7 Å². The van der Waals surface area contributed by atoms with Crippen molar-refractivity contribution >= 4 is 34.5 Å². The van der Waals surface area contributed by atoms with Gasteiger partial charge in [0.2, 0.25) is 11.5 Å². The van der Waals surface area contributed by atoms with Crippen LogP contribution in [0.25, 0.3) is 17.2 Å². The van der Waals surface area contributed by atoms with Crippen LogP contribution in [0.15, 0.2) is 93.2 Å². The van der Waals surface area contributed by atoms with E-state index in [4.69, 9.17) is 20.8 Å². The van der Waals surface area contributed by atoms with E-state index in [1.807, 2.05) is 48.6 Å². The molecule has 0 amide bonds. The second-order valence-corrected chi connectivity index (χ2v) is 8.57. The predicted molar refractivity (Wildman–Crippen MR) is 134 cm³/mol. The summed E-state index contributed by atoms with van der Waals surface area (Å²) in [6, 6.07) is 16.3. The predicted octanol–water partition coefficient (Wildman–Crippen LogP) is 7.12. The highest BCUT2D eigenvalue weighted by Crippen LogP contribution is 2.39. The number of hydrogen-bond donors (Lipinski definition) is 0. The summed E-state index contributed by atoms with van der Waals surface area (Å²) in [5, 5.41) is 0.826. The number of oxazole rings is 1. The Bertz CT molecular complexity index is 1310. The lowest BCUT2D eigenvalue weighted by atomic mass is 9.94. The Morgan fingerprint density at radius 1 is 1.00 bits per heavy atom. The van der Waals surface area contributed by atoms with Crippen LogP contribution in [-0.2, 0) is 6.54 Å². The number of anilines is 1. The monoisotopic (exact) mass is 459 g/mol. The molecule has 5 heteroatoms. The second kappa shape index (κ2) is 9.32. The summed E-state index contributed by atoms with van der Waals surface area (Å²) in [6.45, 7) is 5.95. The van der Waals surface area contributed by atoms with Crippen LogP contribution in [0.1, 0.15) is 39.0 Å². The molecule has 0 radical (unpaired) electrons. The molecular formula is C28H28ClN2O2+. The van der Waals surface area contributed by atoms with Crippen LogP contribution < -0.4 is 14.2 Å². The van der Waals surface area contributed by atoms with E-state index >= 15 is 0 Å². The first kappa shape index (κ1) is 21.6. The lowest BCUT2D eigenvalue weighted by molar-refractivity contribution is -0.674. The van der Waals surface area contributed by atoms with E-state index in [1.54, 1.807) is 0 Å². The Morgan fingerprint density at radius 3 is 2.67 bits per heavy atom. The Hall–Kier alpha value is -3.24. The molecule has 0 fully saturated rings. The minimum atomic E-state index is 0.826. The summed E-state index contributed by atoms with van der Waals surface area (Å²) < 4.78 is 14.3. The Kier molecular flexibility index (Phi) is 6.10. The number of halogens is 1. The van der Waals surface area contributed by atoms with Crippen molar-refractivity contribution in [2.45, 2.75) is 39.7 Å². The fraction of sp³-hybridized carbons (Fsp3) is 0.250. The van der Waals surface area contributed by atoms with Crippen LogP contribution in [0.2, 0.25) is 0 Å². The van der Waals surface area contributed by atoms with Gasteiger partial charge in [0.25, 0.3) is 5.52 Å². The highest BCUT2D eigenvalue weighted by molar-refractivity contribution is 6.32. The van der Waals surface area contributed by atoms with E-state index in [0.717, 1.165) is 82.8 Å². The summed E-state index contributed by atoms with van der Waals surface area (Å²) in [6.07, 6.45) is 11.3. The van der Waals surface area contributed by atoms with E-state index in [-0.39, 0.29) is 0 Å². The summed E-state index contributed by atoms with van der Waals surface area (Å²) >= 11 is 6.85. The number of benzene rings is 2. The molecule has 4 nitrogen and oxygen atoms in total. The molecule has 168 valence electrons. The van der Waals surface area contributed by atoms with Crippen molar-refractivity contribution in [3.8, 4) is 5.75 Å². The first-order valence-corrected chi connectivity index (χ1v) is 12.0. The maximum atomic E-state index is 6.85. The number of ether oxygens (including phenoxy) is 1. The maximum absolute atomic E-state index is 6.85. The fourth-order valence-corrected chi connectivity index (χ4v) is 4.87. The maximum Gasteiger partial charge on any atom is 0.374 e. The standard InChI is InChI=1S/C28H28ClN2O2/c1-3-30-22-12-5-7-14-24(22)32-26(30)18-16-20-10-9-11-21(28(20)29)17-19-27-31(4-2)23-13-6-8-15-25(23)33-27/h5-8,12-19H,3-4,9-11H2,1-2H3/q+1. The molecule has 2 aromatic carbocycles. The molecule has 1 aromatic heterocycles. The highest BCUT2D eigenvalue weighted by Gasteiger charge is 2.24. The van der Waals surface area contributed by atoms with Crippen LogP contribution in [0.5, 0.6) is 5.75 Å². The molecule has 5 rings (SSSR count). The average molecular weight is 460 g/mol. The van der Waals surface area contributed by atoms with Gasteiger partial charge in [-0.25, -0.2) is 0 Å². The van der Waals surface area contributed by atoms with Crippen molar-refractivity contribution in [1.82, 2.24) is 0 Å². The van der Waals surface area contributed by atoms with Gasteiger partial charge in [0.15, 0.2) is 5.75 Å². The average Bonchev–Trinajstić information content (AvgIpc) is 3.39. The van der Waals surface area contributed by atoms with Gasteiger partial charge >= 0.3 is 5.89 Å². The van der Waals surface area contributed by atoms with Gasteiger partial charge in [-0.1, -0.05) is 41.9 Å². The number of para-hydroxylation sites is 4. The molecule has 3 aromatic rings. The third-order valence-corrected chi connectivity index (χ3v) is 6.70. The zero-order valence-corrected chi connectivity index (χ0v) is 19.8. The van der Waals surface area contributed by atoms with Crippen molar-refractivity contribution in [1.29, 1.82) is 0 Å². The molecular weight excluding hydrogens is 432 g/mol. The molecule has 1 aliphatic heterocycles. The fourth-order valence-electron chi connectivity index (χ4n) is 4.56.